The maximum Gasteiger partial charge on any atom is 0.101 e. The van der Waals surface area contributed by atoms with E-state index in [0.29, 0.717) is 6.04 Å². The summed E-state index contributed by atoms with van der Waals surface area (Å²) in [5.41, 5.74) is 3.00. The lowest BCUT2D eigenvalue weighted by atomic mass is 10.1. The fourth-order valence-corrected chi connectivity index (χ4v) is 2.59. The molecule has 3 nitrogen and oxygen atoms in total. The standard InChI is InChI=1S/C15H21N3/c1-3-18(11-14-5-4-8-17-14)15-7-6-12(2)9-13(15)10-16/h6-7,9,14,17H,3-5,8,11H2,1-2H3. The van der Waals surface area contributed by atoms with E-state index in [1.165, 1.54) is 12.8 Å². The Morgan fingerprint density at radius 2 is 2.33 bits per heavy atom. The van der Waals surface area contributed by atoms with Crippen molar-refractivity contribution in [1.29, 1.82) is 5.26 Å². The predicted octanol–water partition coefficient (Wildman–Crippen LogP) is 2.45. The fourth-order valence-electron chi connectivity index (χ4n) is 2.59. The lowest BCUT2D eigenvalue weighted by molar-refractivity contribution is 0.586. The van der Waals surface area contributed by atoms with Crippen LogP contribution >= 0.6 is 0 Å². The number of hydrogen-bond acceptors (Lipinski definition) is 3. The number of anilines is 1. The molecular formula is C15H21N3. The van der Waals surface area contributed by atoms with Gasteiger partial charge in [0.1, 0.15) is 6.07 Å². The fraction of sp³-hybridized carbons (Fsp3) is 0.533. The van der Waals surface area contributed by atoms with Crippen LogP contribution in [0.4, 0.5) is 5.69 Å². The van der Waals surface area contributed by atoms with E-state index >= 15 is 0 Å². The highest BCUT2D eigenvalue weighted by molar-refractivity contribution is 5.60. The van der Waals surface area contributed by atoms with Crippen LogP contribution < -0.4 is 10.2 Å². The molecule has 0 spiro atoms. The maximum absolute atomic E-state index is 9.26. The van der Waals surface area contributed by atoms with Crippen LogP contribution in [0.2, 0.25) is 0 Å². The Bertz CT molecular complexity index is 442. The van der Waals surface area contributed by atoms with Crippen LogP contribution in [-0.4, -0.2) is 25.7 Å². The van der Waals surface area contributed by atoms with Crippen molar-refractivity contribution < 1.29 is 0 Å². The highest BCUT2D eigenvalue weighted by Crippen LogP contribution is 2.22. The van der Waals surface area contributed by atoms with Gasteiger partial charge in [0.2, 0.25) is 0 Å². The second-order valence-electron chi connectivity index (χ2n) is 4.96. The third kappa shape index (κ3) is 2.83. The molecule has 1 aromatic carbocycles. The third-order valence-corrected chi connectivity index (χ3v) is 3.60. The molecule has 1 aliphatic rings. The molecule has 3 heteroatoms. The lowest BCUT2D eigenvalue weighted by Crippen LogP contribution is -2.37. The molecule has 1 aromatic rings. The molecular weight excluding hydrogens is 222 g/mol. The average molecular weight is 243 g/mol. The minimum atomic E-state index is 0.567. The maximum atomic E-state index is 9.26. The molecule has 96 valence electrons. The number of benzene rings is 1. The van der Waals surface area contributed by atoms with Gasteiger partial charge in [-0.25, -0.2) is 0 Å². The Balaban J connectivity index is 2.18. The first-order valence-corrected chi connectivity index (χ1v) is 6.73. The van der Waals surface area contributed by atoms with E-state index < -0.39 is 0 Å². The molecule has 1 saturated heterocycles. The molecule has 0 aromatic heterocycles. The van der Waals surface area contributed by atoms with Gasteiger partial charge in [0.05, 0.1) is 11.3 Å². The monoisotopic (exact) mass is 243 g/mol. The Kier molecular flexibility index (Phi) is 4.22. The van der Waals surface area contributed by atoms with Crippen molar-refractivity contribution in [2.75, 3.05) is 24.5 Å². The van der Waals surface area contributed by atoms with Gasteiger partial charge in [-0.1, -0.05) is 6.07 Å². The van der Waals surface area contributed by atoms with Crippen molar-refractivity contribution in [2.24, 2.45) is 0 Å². The number of nitrogens with one attached hydrogen (secondary N) is 1. The van der Waals surface area contributed by atoms with Crippen LogP contribution in [0.25, 0.3) is 0 Å². The predicted molar refractivity (Wildman–Crippen MR) is 74.8 cm³/mol. The van der Waals surface area contributed by atoms with E-state index in [9.17, 15) is 5.26 Å². The van der Waals surface area contributed by atoms with E-state index in [1.807, 2.05) is 13.0 Å². The van der Waals surface area contributed by atoms with Gasteiger partial charge >= 0.3 is 0 Å². The van der Waals surface area contributed by atoms with Gasteiger partial charge < -0.3 is 10.2 Å². The SMILES string of the molecule is CCN(CC1CCCN1)c1ccc(C)cc1C#N. The van der Waals surface area contributed by atoms with Crippen LogP contribution in [0.1, 0.15) is 30.9 Å². The molecule has 1 fully saturated rings. The summed E-state index contributed by atoms with van der Waals surface area (Å²) in [7, 11) is 0. The third-order valence-electron chi connectivity index (χ3n) is 3.60. The summed E-state index contributed by atoms with van der Waals surface area (Å²) in [4.78, 5) is 2.31. The summed E-state index contributed by atoms with van der Waals surface area (Å²) >= 11 is 0. The van der Waals surface area contributed by atoms with Gasteiger partial charge in [-0.3, -0.25) is 0 Å². The van der Waals surface area contributed by atoms with Crippen molar-refractivity contribution in [1.82, 2.24) is 5.32 Å². The number of aryl methyl sites for hydroxylation is 1. The van der Waals surface area contributed by atoms with Crippen LogP contribution in [0, 0.1) is 18.3 Å². The Hall–Kier alpha value is -1.53. The van der Waals surface area contributed by atoms with Gasteiger partial charge in [-0.2, -0.15) is 5.26 Å². The van der Waals surface area contributed by atoms with Crippen LogP contribution in [0.15, 0.2) is 18.2 Å². The molecule has 1 unspecified atom stereocenters. The molecule has 1 heterocycles. The minimum Gasteiger partial charge on any atom is -0.369 e. The van der Waals surface area contributed by atoms with Crippen molar-refractivity contribution in [3.8, 4) is 6.07 Å². The molecule has 0 bridgehead atoms. The largest absolute Gasteiger partial charge is 0.369 e. The Labute approximate surface area is 109 Å². The van der Waals surface area contributed by atoms with Crippen molar-refractivity contribution in [3.63, 3.8) is 0 Å². The highest BCUT2D eigenvalue weighted by Gasteiger charge is 2.18. The first-order chi connectivity index (χ1) is 8.74. The summed E-state index contributed by atoms with van der Waals surface area (Å²) in [6, 6.07) is 9.01. The minimum absolute atomic E-state index is 0.567. The summed E-state index contributed by atoms with van der Waals surface area (Å²) in [6.45, 7) is 7.24. The first-order valence-electron chi connectivity index (χ1n) is 6.73. The van der Waals surface area contributed by atoms with Crippen molar-refractivity contribution in [2.45, 2.75) is 32.7 Å². The van der Waals surface area contributed by atoms with E-state index in [1.54, 1.807) is 0 Å². The van der Waals surface area contributed by atoms with Gasteiger partial charge in [-0.15, -0.1) is 0 Å². The van der Waals surface area contributed by atoms with Gasteiger partial charge in [0, 0.05) is 19.1 Å². The molecule has 0 saturated carbocycles. The van der Waals surface area contributed by atoms with Crippen LogP contribution in [-0.2, 0) is 0 Å². The lowest BCUT2D eigenvalue weighted by Gasteiger charge is -2.27. The number of nitrogens with zero attached hydrogens (tertiary/aromatic N) is 2. The topological polar surface area (TPSA) is 39.1 Å². The number of nitriles is 1. The zero-order valence-electron chi connectivity index (χ0n) is 11.2. The van der Waals surface area contributed by atoms with E-state index in [4.69, 9.17) is 0 Å². The quantitative estimate of drug-likeness (QED) is 0.883. The summed E-state index contributed by atoms with van der Waals surface area (Å²) in [5, 5.41) is 12.8. The van der Waals surface area contributed by atoms with E-state index in [0.717, 1.165) is 36.4 Å². The van der Waals surface area contributed by atoms with E-state index in [-0.39, 0.29) is 0 Å². The van der Waals surface area contributed by atoms with E-state index in [2.05, 4.69) is 35.3 Å². The second-order valence-corrected chi connectivity index (χ2v) is 4.96. The van der Waals surface area contributed by atoms with Crippen LogP contribution in [0.5, 0.6) is 0 Å². The molecule has 1 N–H and O–H groups in total. The Morgan fingerprint density at radius 1 is 1.50 bits per heavy atom. The first kappa shape index (κ1) is 12.9. The molecule has 0 amide bonds. The average Bonchev–Trinajstić information content (AvgIpc) is 2.89. The number of hydrogen-bond donors (Lipinski definition) is 1. The normalized spacial score (nSPS) is 18.6. The zero-order valence-corrected chi connectivity index (χ0v) is 11.2. The van der Waals surface area contributed by atoms with Crippen molar-refractivity contribution in [3.05, 3.63) is 29.3 Å². The molecule has 0 radical (unpaired) electrons. The Morgan fingerprint density at radius 3 is 2.94 bits per heavy atom. The molecule has 1 aliphatic heterocycles. The second kappa shape index (κ2) is 5.88. The smallest absolute Gasteiger partial charge is 0.101 e. The summed E-state index contributed by atoms with van der Waals surface area (Å²) < 4.78 is 0. The van der Waals surface area contributed by atoms with Crippen LogP contribution in [0.3, 0.4) is 0 Å². The van der Waals surface area contributed by atoms with Crippen molar-refractivity contribution >= 4 is 5.69 Å². The zero-order chi connectivity index (χ0) is 13.0. The summed E-state index contributed by atoms with van der Waals surface area (Å²) in [6.07, 6.45) is 2.51. The molecule has 18 heavy (non-hydrogen) atoms. The summed E-state index contributed by atoms with van der Waals surface area (Å²) in [5.74, 6) is 0. The number of rotatable bonds is 4. The van der Waals surface area contributed by atoms with Gasteiger partial charge in [0.25, 0.3) is 0 Å². The molecule has 1 atom stereocenters. The highest BCUT2D eigenvalue weighted by atomic mass is 15.2. The van der Waals surface area contributed by atoms with Gasteiger partial charge in [-0.05, 0) is 50.9 Å². The van der Waals surface area contributed by atoms with Gasteiger partial charge in [0.15, 0.2) is 0 Å². The molecule has 2 rings (SSSR count). The molecule has 0 aliphatic carbocycles. The number of likely N-dealkylation sites (N-methyl/N-ethyl adjacent to an activating group) is 1.